The standard InChI is InChI=1S/C10H16N2O8.3Na/c11-9(1-5(13)14,2-6(15)16)10(12,3-7(17)18)4-8(19)20;;;/h1-4,11-12H2,(H,13,14)(H,15,16)(H,17,18)(H,19,20);;;/q;3*+1. The van der Waals surface area contributed by atoms with Gasteiger partial charge in [0.05, 0.1) is 36.8 Å². The summed E-state index contributed by atoms with van der Waals surface area (Å²) in [6.07, 6.45) is -3.90. The molecule has 0 rings (SSSR count). The van der Waals surface area contributed by atoms with Gasteiger partial charge in [-0.05, 0) is 0 Å². The van der Waals surface area contributed by atoms with E-state index in [4.69, 9.17) is 31.9 Å². The fourth-order valence-electron chi connectivity index (χ4n) is 1.91. The summed E-state index contributed by atoms with van der Waals surface area (Å²) in [7, 11) is 0. The Morgan fingerprint density at radius 3 is 0.783 bits per heavy atom. The van der Waals surface area contributed by atoms with E-state index in [0.29, 0.717) is 0 Å². The molecule has 0 bridgehead atoms. The van der Waals surface area contributed by atoms with Crippen LogP contribution in [0.25, 0.3) is 0 Å². The van der Waals surface area contributed by atoms with E-state index in [9.17, 15) is 19.2 Å². The van der Waals surface area contributed by atoms with E-state index < -0.39 is 60.6 Å². The van der Waals surface area contributed by atoms with Crippen molar-refractivity contribution in [3.63, 3.8) is 0 Å². The second-order valence-electron chi connectivity index (χ2n) is 4.59. The SMILES string of the molecule is NC(CC(=O)O)(CC(=O)O)C(N)(CC(=O)O)CC(=O)O.[Na+].[Na+].[Na+]. The van der Waals surface area contributed by atoms with Crippen LogP contribution in [-0.4, -0.2) is 55.4 Å². The number of carboxylic acid groups (broad SMARTS) is 4. The van der Waals surface area contributed by atoms with Crippen LogP contribution < -0.4 is 100 Å². The van der Waals surface area contributed by atoms with E-state index in [-0.39, 0.29) is 88.7 Å². The van der Waals surface area contributed by atoms with Crippen molar-refractivity contribution in [1.29, 1.82) is 0 Å². The van der Waals surface area contributed by atoms with Crippen LogP contribution in [0.5, 0.6) is 0 Å². The minimum absolute atomic E-state index is 0. The first-order valence-corrected chi connectivity index (χ1v) is 5.37. The third-order valence-corrected chi connectivity index (χ3v) is 2.86. The summed E-state index contributed by atoms with van der Waals surface area (Å²) >= 11 is 0. The predicted octanol–water partition coefficient (Wildman–Crippen LogP) is -10.7. The largest absolute Gasteiger partial charge is 1.00 e. The third-order valence-electron chi connectivity index (χ3n) is 2.86. The van der Waals surface area contributed by atoms with Gasteiger partial charge in [0.25, 0.3) is 0 Å². The average Bonchev–Trinajstić information content (AvgIpc) is 2.10. The van der Waals surface area contributed by atoms with Crippen molar-refractivity contribution in [1.82, 2.24) is 0 Å². The molecule has 8 N–H and O–H groups in total. The van der Waals surface area contributed by atoms with Crippen molar-refractivity contribution in [2.24, 2.45) is 11.5 Å². The fourth-order valence-corrected chi connectivity index (χ4v) is 1.91. The minimum atomic E-state index is -2.22. The molecule has 0 aromatic carbocycles. The molecule has 0 heterocycles. The molecule has 0 fully saturated rings. The first-order chi connectivity index (χ1) is 8.92. The molecule has 0 saturated carbocycles. The van der Waals surface area contributed by atoms with Gasteiger partial charge in [0.2, 0.25) is 0 Å². The zero-order chi connectivity index (χ0) is 16.1. The molecule has 23 heavy (non-hydrogen) atoms. The van der Waals surface area contributed by atoms with Crippen LogP contribution in [0.3, 0.4) is 0 Å². The van der Waals surface area contributed by atoms with Gasteiger partial charge in [-0.2, -0.15) is 0 Å². The number of carboxylic acids is 4. The van der Waals surface area contributed by atoms with Crippen molar-refractivity contribution in [3.05, 3.63) is 0 Å². The molecular formula is C10H16N2Na3O8+3. The number of carbonyl (C=O) groups is 4. The molecule has 10 nitrogen and oxygen atoms in total. The zero-order valence-corrected chi connectivity index (χ0v) is 19.4. The second kappa shape index (κ2) is 13.1. The summed E-state index contributed by atoms with van der Waals surface area (Å²) in [5, 5.41) is 35.1. The normalized spacial score (nSPS) is 10.3. The molecular weight excluding hydrogens is 345 g/mol. The first-order valence-electron chi connectivity index (χ1n) is 5.37. The Morgan fingerprint density at radius 1 is 0.565 bits per heavy atom. The summed E-state index contributed by atoms with van der Waals surface area (Å²) in [5.41, 5.74) is 6.88. The van der Waals surface area contributed by atoms with Gasteiger partial charge in [0.15, 0.2) is 0 Å². The van der Waals surface area contributed by atoms with E-state index in [1.807, 2.05) is 0 Å². The smallest absolute Gasteiger partial charge is 0.481 e. The number of aliphatic carboxylic acids is 4. The maximum atomic E-state index is 10.8. The van der Waals surface area contributed by atoms with Gasteiger partial charge in [-0.25, -0.2) is 0 Å². The number of nitrogens with two attached hydrogens (primary N) is 2. The Bertz CT molecular complexity index is 374. The molecule has 114 valence electrons. The maximum absolute atomic E-state index is 10.8. The van der Waals surface area contributed by atoms with E-state index >= 15 is 0 Å². The van der Waals surface area contributed by atoms with Gasteiger partial charge in [-0.1, -0.05) is 0 Å². The Balaban J connectivity index is -0.000000602. The molecule has 0 aliphatic carbocycles. The van der Waals surface area contributed by atoms with Crippen LogP contribution in [0.2, 0.25) is 0 Å². The van der Waals surface area contributed by atoms with E-state index in [0.717, 1.165) is 0 Å². The van der Waals surface area contributed by atoms with Crippen molar-refractivity contribution >= 4 is 23.9 Å². The Hall–Kier alpha value is 0.800. The molecule has 0 atom stereocenters. The van der Waals surface area contributed by atoms with Crippen molar-refractivity contribution in [2.75, 3.05) is 0 Å². The first kappa shape index (κ1) is 31.6. The monoisotopic (exact) mass is 361 g/mol. The molecule has 0 radical (unpaired) electrons. The van der Waals surface area contributed by atoms with Crippen LogP contribution in [-0.2, 0) is 19.2 Å². The van der Waals surface area contributed by atoms with Gasteiger partial charge in [-0.3, -0.25) is 19.2 Å². The predicted molar refractivity (Wildman–Crippen MR) is 62.8 cm³/mol. The van der Waals surface area contributed by atoms with Gasteiger partial charge in [-0.15, -0.1) is 0 Å². The molecule has 13 heteroatoms. The topological polar surface area (TPSA) is 201 Å². The Morgan fingerprint density at radius 2 is 0.696 bits per heavy atom. The Labute approximate surface area is 198 Å². The molecule has 0 unspecified atom stereocenters. The van der Waals surface area contributed by atoms with Crippen molar-refractivity contribution < 1.29 is 128 Å². The van der Waals surface area contributed by atoms with Crippen LogP contribution >= 0.6 is 0 Å². The number of rotatable bonds is 9. The van der Waals surface area contributed by atoms with Crippen LogP contribution in [0, 0.1) is 0 Å². The van der Waals surface area contributed by atoms with Crippen LogP contribution in [0.4, 0.5) is 0 Å². The van der Waals surface area contributed by atoms with E-state index in [1.54, 1.807) is 0 Å². The van der Waals surface area contributed by atoms with Crippen molar-refractivity contribution in [3.8, 4) is 0 Å². The summed E-state index contributed by atoms with van der Waals surface area (Å²) in [4.78, 5) is 43.2. The maximum Gasteiger partial charge on any atom is 1.00 e. The van der Waals surface area contributed by atoms with Gasteiger partial charge < -0.3 is 31.9 Å². The summed E-state index contributed by atoms with van der Waals surface area (Å²) in [6.45, 7) is 0. The van der Waals surface area contributed by atoms with Gasteiger partial charge in [0, 0.05) is 0 Å². The molecule has 0 spiro atoms. The zero-order valence-electron chi connectivity index (χ0n) is 13.4. The summed E-state index contributed by atoms with van der Waals surface area (Å²) < 4.78 is 0. The van der Waals surface area contributed by atoms with Gasteiger partial charge >= 0.3 is 113 Å². The molecule has 0 aromatic rings. The van der Waals surface area contributed by atoms with Crippen LogP contribution in [0.15, 0.2) is 0 Å². The quantitative estimate of drug-likeness (QED) is 0.214. The molecule has 0 aliphatic rings. The molecule has 0 aliphatic heterocycles. The number of hydrogen-bond donors (Lipinski definition) is 6. The third kappa shape index (κ3) is 11.1. The minimum Gasteiger partial charge on any atom is -0.481 e. The second-order valence-corrected chi connectivity index (χ2v) is 4.59. The molecule has 0 aromatic heterocycles. The van der Waals surface area contributed by atoms with E-state index in [1.165, 1.54) is 0 Å². The fraction of sp³-hybridized carbons (Fsp3) is 0.600. The summed E-state index contributed by atoms with van der Waals surface area (Å²) in [6, 6.07) is 0. The Kier molecular flexibility index (Phi) is 17.9. The molecule has 0 amide bonds. The van der Waals surface area contributed by atoms with E-state index in [2.05, 4.69) is 0 Å². The number of hydrogen-bond acceptors (Lipinski definition) is 6. The summed E-state index contributed by atoms with van der Waals surface area (Å²) in [5.74, 6) is -6.06. The van der Waals surface area contributed by atoms with Crippen LogP contribution in [0.1, 0.15) is 25.7 Å². The van der Waals surface area contributed by atoms with Crippen molar-refractivity contribution in [2.45, 2.75) is 36.8 Å². The average molecular weight is 361 g/mol. The molecule has 0 saturated heterocycles. The van der Waals surface area contributed by atoms with Gasteiger partial charge in [0.1, 0.15) is 0 Å².